The summed E-state index contributed by atoms with van der Waals surface area (Å²) in [5.74, 6) is 0.0792. The third-order valence-corrected chi connectivity index (χ3v) is 5.95. The van der Waals surface area contributed by atoms with Crippen LogP contribution in [0, 0.1) is 0 Å². The fourth-order valence-corrected chi connectivity index (χ4v) is 4.27. The SMILES string of the molecule is COc1ccc(CC(=O)OCC(=O)NCC2(N3CCOCC3)CCCCC2)cc1. The number of carbonyl (C=O) groups is 2. The Morgan fingerprint density at radius 1 is 1.10 bits per heavy atom. The lowest BCUT2D eigenvalue weighted by Crippen LogP contribution is -2.59. The number of nitrogens with one attached hydrogen (secondary N) is 1. The summed E-state index contributed by atoms with van der Waals surface area (Å²) in [4.78, 5) is 26.8. The van der Waals surface area contributed by atoms with E-state index in [0.29, 0.717) is 6.54 Å². The highest BCUT2D eigenvalue weighted by Gasteiger charge is 2.38. The van der Waals surface area contributed by atoms with E-state index in [4.69, 9.17) is 14.2 Å². The van der Waals surface area contributed by atoms with Crippen LogP contribution in [0.5, 0.6) is 5.75 Å². The molecule has 2 fully saturated rings. The number of nitrogens with zero attached hydrogens (tertiary/aromatic N) is 1. The van der Waals surface area contributed by atoms with Gasteiger partial charge >= 0.3 is 5.97 Å². The van der Waals surface area contributed by atoms with Crippen LogP contribution in [0.25, 0.3) is 0 Å². The van der Waals surface area contributed by atoms with Crippen molar-refractivity contribution in [2.45, 2.75) is 44.1 Å². The molecule has 3 rings (SSSR count). The summed E-state index contributed by atoms with van der Waals surface area (Å²) in [5, 5.41) is 3.01. The lowest BCUT2D eigenvalue weighted by atomic mass is 9.79. The van der Waals surface area contributed by atoms with E-state index in [1.807, 2.05) is 12.1 Å². The molecule has 7 nitrogen and oxygen atoms in total. The van der Waals surface area contributed by atoms with Crippen LogP contribution in [0.3, 0.4) is 0 Å². The van der Waals surface area contributed by atoms with Crippen LogP contribution in [-0.2, 0) is 25.5 Å². The van der Waals surface area contributed by atoms with E-state index in [1.165, 1.54) is 19.3 Å². The summed E-state index contributed by atoms with van der Waals surface area (Å²) in [5.41, 5.74) is 0.829. The first-order valence-electron chi connectivity index (χ1n) is 10.5. The van der Waals surface area contributed by atoms with Crippen molar-refractivity contribution in [2.24, 2.45) is 0 Å². The average Bonchev–Trinajstić information content (AvgIpc) is 2.78. The Hall–Kier alpha value is -2.12. The van der Waals surface area contributed by atoms with Crippen LogP contribution in [0.1, 0.15) is 37.7 Å². The van der Waals surface area contributed by atoms with Crippen LogP contribution in [-0.4, -0.2) is 68.9 Å². The molecule has 7 heteroatoms. The number of morpholine rings is 1. The maximum absolute atomic E-state index is 12.3. The lowest BCUT2D eigenvalue weighted by Gasteiger charge is -2.48. The Kier molecular flexibility index (Phi) is 7.89. The van der Waals surface area contributed by atoms with Gasteiger partial charge < -0.3 is 19.5 Å². The molecule has 1 saturated heterocycles. The molecule has 1 saturated carbocycles. The van der Waals surface area contributed by atoms with E-state index in [9.17, 15) is 9.59 Å². The van der Waals surface area contributed by atoms with Crippen molar-refractivity contribution in [3.63, 3.8) is 0 Å². The zero-order chi connectivity index (χ0) is 20.5. The monoisotopic (exact) mass is 404 g/mol. The highest BCUT2D eigenvalue weighted by Crippen LogP contribution is 2.33. The van der Waals surface area contributed by atoms with Crippen molar-refractivity contribution in [3.8, 4) is 5.75 Å². The Labute approximate surface area is 172 Å². The number of esters is 1. The smallest absolute Gasteiger partial charge is 0.310 e. The zero-order valence-corrected chi connectivity index (χ0v) is 17.3. The first-order chi connectivity index (χ1) is 14.1. The van der Waals surface area contributed by atoms with Gasteiger partial charge in [-0.15, -0.1) is 0 Å². The van der Waals surface area contributed by atoms with Crippen LogP contribution in [0.15, 0.2) is 24.3 Å². The van der Waals surface area contributed by atoms with Gasteiger partial charge in [0, 0.05) is 25.2 Å². The fourth-order valence-electron chi connectivity index (χ4n) is 4.27. The van der Waals surface area contributed by atoms with Gasteiger partial charge in [0.25, 0.3) is 5.91 Å². The summed E-state index contributed by atoms with van der Waals surface area (Å²) < 4.78 is 15.8. The third-order valence-electron chi connectivity index (χ3n) is 5.95. The minimum absolute atomic E-state index is 0.00476. The quantitative estimate of drug-likeness (QED) is 0.667. The predicted octanol–water partition coefficient (Wildman–Crippen LogP) is 1.93. The van der Waals surface area contributed by atoms with Gasteiger partial charge in [0.2, 0.25) is 0 Å². The molecule has 0 atom stereocenters. The molecule has 1 heterocycles. The van der Waals surface area contributed by atoms with E-state index < -0.39 is 5.97 Å². The number of methoxy groups -OCH3 is 1. The average molecular weight is 405 g/mol. The van der Waals surface area contributed by atoms with E-state index in [0.717, 1.165) is 50.5 Å². The summed E-state index contributed by atoms with van der Waals surface area (Å²) in [6.45, 7) is 3.67. The van der Waals surface area contributed by atoms with E-state index >= 15 is 0 Å². The molecule has 0 unspecified atom stereocenters. The van der Waals surface area contributed by atoms with Crippen molar-refractivity contribution in [1.29, 1.82) is 0 Å². The molecular formula is C22H32N2O5. The standard InChI is InChI=1S/C22H32N2O5/c1-27-19-7-5-18(6-8-19)15-21(26)29-16-20(25)23-17-22(9-3-2-4-10-22)24-11-13-28-14-12-24/h5-8H,2-4,9-17H2,1H3,(H,23,25). The van der Waals surface area contributed by atoms with Gasteiger partial charge in [-0.05, 0) is 30.5 Å². The number of carbonyl (C=O) groups excluding carboxylic acids is 2. The van der Waals surface area contributed by atoms with Crippen LogP contribution >= 0.6 is 0 Å². The van der Waals surface area contributed by atoms with Crippen molar-refractivity contribution in [2.75, 3.05) is 46.6 Å². The summed E-state index contributed by atoms with van der Waals surface area (Å²) >= 11 is 0. The minimum atomic E-state index is -0.411. The van der Waals surface area contributed by atoms with Gasteiger partial charge in [-0.25, -0.2) is 0 Å². The Balaban J connectivity index is 1.44. The van der Waals surface area contributed by atoms with Gasteiger partial charge in [-0.2, -0.15) is 0 Å². The fraction of sp³-hybridized carbons (Fsp3) is 0.636. The van der Waals surface area contributed by atoms with Gasteiger partial charge in [0.05, 0.1) is 26.7 Å². The van der Waals surface area contributed by atoms with Crippen molar-refractivity contribution < 1.29 is 23.8 Å². The van der Waals surface area contributed by atoms with Gasteiger partial charge in [-0.1, -0.05) is 31.4 Å². The van der Waals surface area contributed by atoms with Crippen molar-refractivity contribution in [3.05, 3.63) is 29.8 Å². The van der Waals surface area contributed by atoms with E-state index in [2.05, 4.69) is 10.2 Å². The highest BCUT2D eigenvalue weighted by molar-refractivity contribution is 5.81. The molecule has 1 aromatic rings. The van der Waals surface area contributed by atoms with Crippen molar-refractivity contribution in [1.82, 2.24) is 10.2 Å². The number of rotatable bonds is 8. The lowest BCUT2D eigenvalue weighted by molar-refractivity contribution is -0.148. The molecule has 0 spiro atoms. The Morgan fingerprint density at radius 3 is 2.45 bits per heavy atom. The molecule has 0 bridgehead atoms. The minimum Gasteiger partial charge on any atom is -0.497 e. The molecule has 0 radical (unpaired) electrons. The highest BCUT2D eigenvalue weighted by atomic mass is 16.5. The Bertz CT molecular complexity index is 664. The molecule has 29 heavy (non-hydrogen) atoms. The zero-order valence-electron chi connectivity index (χ0n) is 17.3. The number of benzene rings is 1. The molecule has 160 valence electrons. The van der Waals surface area contributed by atoms with Crippen LogP contribution < -0.4 is 10.1 Å². The second-order valence-corrected chi connectivity index (χ2v) is 7.85. The number of hydrogen-bond acceptors (Lipinski definition) is 6. The summed E-state index contributed by atoms with van der Waals surface area (Å²) in [6, 6.07) is 7.22. The van der Waals surface area contributed by atoms with E-state index in [1.54, 1.807) is 19.2 Å². The largest absolute Gasteiger partial charge is 0.497 e. The topological polar surface area (TPSA) is 77.1 Å². The maximum atomic E-state index is 12.3. The van der Waals surface area contributed by atoms with E-state index in [-0.39, 0.29) is 24.5 Å². The number of amides is 1. The molecule has 0 aromatic heterocycles. The molecular weight excluding hydrogens is 372 g/mol. The first-order valence-corrected chi connectivity index (χ1v) is 10.5. The Morgan fingerprint density at radius 2 is 1.79 bits per heavy atom. The molecule has 2 aliphatic rings. The normalized spacial score (nSPS) is 19.3. The predicted molar refractivity (Wildman–Crippen MR) is 109 cm³/mol. The molecule has 1 aromatic carbocycles. The van der Waals surface area contributed by atoms with Gasteiger partial charge in [0.1, 0.15) is 5.75 Å². The second kappa shape index (κ2) is 10.6. The van der Waals surface area contributed by atoms with Crippen molar-refractivity contribution >= 4 is 11.9 Å². The molecule has 1 N–H and O–H groups in total. The second-order valence-electron chi connectivity index (χ2n) is 7.85. The molecule has 1 amide bonds. The maximum Gasteiger partial charge on any atom is 0.310 e. The van der Waals surface area contributed by atoms with Crippen LogP contribution in [0.2, 0.25) is 0 Å². The van der Waals surface area contributed by atoms with Crippen LogP contribution in [0.4, 0.5) is 0 Å². The summed E-state index contributed by atoms with van der Waals surface area (Å²) in [7, 11) is 1.60. The third kappa shape index (κ3) is 6.18. The first kappa shape index (κ1) is 21.6. The number of ether oxygens (including phenoxy) is 3. The van der Waals surface area contributed by atoms with Gasteiger partial charge in [-0.3, -0.25) is 14.5 Å². The van der Waals surface area contributed by atoms with Gasteiger partial charge in [0.15, 0.2) is 6.61 Å². The molecule has 1 aliphatic carbocycles. The number of hydrogen-bond donors (Lipinski definition) is 1. The molecule has 1 aliphatic heterocycles. The summed E-state index contributed by atoms with van der Waals surface area (Å²) in [6.07, 6.45) is 5.93.